The van der Waals surface area contributed by atoms with Crippen molar-refractivity contribution in [3.63, 3.8) is 0 Å². The molecule has 242 valence electrons. The highest BCUT2D eigenvalue weighted by atomic mass is 32.2. The van der Waals surface area contributed by atoms with Gasteiger partial charge in [0, 0.05) is 39.2 Å². The molecule has 5 rings (SSSR count). The monoisotopic (exact) mass is 679 g/mol. The van der Waals surface area contributed by atoms with Crippen molar-refractivity contribution in [1.82, 2.24) is 10.3 Å². The fourth-order valence-electron chi connectivity index (χ4n) is 4.34. The first-order valence-corrected chi connectivity index (χ1v) is 16.3. The molecule has 0 spiro atoms. The number of benzene rings is 4. The normalized spacial score (nSPS) is 11.7. The van der Waals surface area contributed by atoms with Crippen LogP contribution in [0.5, 0.6) is 5.75 Å². The number of amides is 3. The molecule has 48 heavy (non-hydrogen) atoms. The van der Waals surface area contributed by atoms with Gasteiger partial charge in [0.1, 0.15) is 11.4 Å². The topological polar surface area (TPSA) is 153 Å². The molecular formula is C35H29N5O6S2. The average Bonchev–Trinajstić information content (AvgIpc) is 3.57. The number of carbonyl (C=O) groups is 3. The molecule has 1 unspecified atom stereocenters. The molecule has 3 N–H and O–H groups in total. The maximum absolute atomic E-state index is 13.5. The number of nitrogens with zero attached hydrogens (tertiary/aromatic N) is 2. The number of rotatable bonds is 12. The molecule has 0 saturated carbocycles. The number of non-ortho nitro benzene ring substituents is 1. The van der Waals surface area contributed by atoms with Gasteiger partial charge >= 0.3 is 0 Å². The summed E-state index contributed by atoms with van der Waals surface area (Å²) in [6.45, 7) is 1.77. The molecule has 11 nitrogen and oxygen atoms in total. The first kappa shape index (κ1) is 33.6. The molecule has 13 heteroatoms. The lowest BCUT2D eigenvalue weighted by atomic mass is 10.1. The molecule has 5 aromatic rings. The van der Waals surface area contributed by atoms with Gasteiger partial charge in [0.15, 0.2) is 5.13 Å². The third kappa shape index (κ3) is 8.93. The summed E-state index contributed by atoms with van der Waals surface area (Å²) >= 11 is 2.63. The van der Waals surface area contributed by atoms with Crippen LogP contribution in [0.15, 0.2) is 119 Å². The quantitative estimate of drug-likeness (QED) is 0.0539. The summed E-state index contributed by atoms with van der Waals surface area (Å²) < 4.78 is 5.20. The van der Waals surface area contributed by atoms with Gasteiger partial charge in [-0.15, -0.1) is 23.1 Å². The van der Waals surface area contributed by atoms with Crippen LogP contribution in [0.4, 0.5) is 16.5 Å². The van der Waals surface area contributed by atoms with Gasteiger partial charge < -0.3 is 20.7 Å². The summed E-state index contributed by atoms with van der Waals surface area (Å²) in [5.41, 5.74) is 2.72. The molecule has 0 aliphatic rings. The van der Waals surface area contributed by atoms with Gasteiger partial charge in [-0.3, -0.25) is 24.5 Å². The maximum atomic E-state index is 13.5. The van der Waals surface area contributed by atoms with Crippen molar-refractivity contribution in [1.29, 1.82) is 0 Å². The first-order valence-electron chi connectivity index (χ1n) is 14.5. The van der Waals surface area contributed by atoms with Crippen LogP contribution in [0.3, 0.4) is 0 Å². The Hall–Kier alpha value is -5.79. The molecule has 0 aliphatic heterocycles. The van der Waals surface area contributed by atoms with Crippen LogP contribution < -0.4 is 20.7 Å². The minimum atomic E-state index is -0.609. The summed E-state index contributed by atoms with van der Waals surface area (Å²) in [4.78, 5) is 55.2. The highest BCUT2D eigenvalue weighted by molar-refractivity contribution is 8.00. The second kappa shape index (κ2) is 15.7. The standard InChI is InChI=1S/C35H29N5O6S2/c1-22(32(41)39-35-38-31(21-47-35)24-13-17-28(46-2)18-14-24)48-29-10-6-9-26(20-29)36-34(43)30(37-33(42)25-7-4-3-5-8-25)19-23-11-15-27(16-12-23)40(44)45/h3-22H,1-2H3,(H,36,43)(H,37,42)(H,38,39,41)/b30-19+. The molecule has 4 aromatic carbocycles. The van der Waals surface area contributed by atoms with Crippen LogP contribution in [0, 0.1) is 10.1 Å². The number of nitro benzene ring substituents is 1. The van der Waals surface area contributed by atoms with Crippen LogP contribution >= 0.6 is 23.1 Å². The van der Waals surface area contributed by atoms with Crippen LogP contribution in [-0.2, 0) is 9.59 Å². The van der Waals surface area contributed by atoms with E-state index in [4.69, 9.17) is 4.74 Å². The Morgan fingerprint density at radius 2 is 1.67 bits per heavy atom. The number of nitro groups is 1. The van der Waals surface area contributed by atoms with Gasteiger partial charge in [0.25, 0.3) is 17.5 Å². The zero-order valence-electron chi connectivity index (χ0n) is 25.7. The zero-order chi connectivity index (χ0) is 34.0. The second-order valence-corrected chi connectivity index (χ2v) is 12.5. The van der Waals surface area contributed by atoms with E-state index in [1.54, 1.807) is 62.6 Å². The number of thiazole rings is 1. The Balaban J connectivity index is 1.25. The van der Waals surface area contributed by atoms with E-state index in [-0.39, 0.29) is 17.3 Å². The van der Waals surface area contributed by atoms with E-state index >= 15 is 0 Å². The molecule has 1 aromatic heterocycles. The van der Waals surface area contributed by atoms with E-state index in [0.717, 1.165) is 21.9 Å². The first-order chi connectivity index (χ1) is 23.2. The molecule has 1 heterocycles. The highest BCUT2D eigenvalue weighted by Gasteiger charge is 2.19. The third-order valence-corrected chi connectivity index (χ3v) is 8.69. The van der Waals surface area contributed by atoms with Gasteiger partial charge in [-0.1, -0.05) is 24.3 Å². The molecule has 0 saturated heterocycles. The number of hydrogen-bond donors (Lipinski definition) is 3. The second-order valence-electron chi connectivity index (χ2n) is 10.2. The van der Waals surface area contributed by atoms with Gasteiger partial charge in [-0.05, 0) is 85.3 Å². The van der Waals surface area contributed by atoms with Crippen molar-refractivity contribution in [2.24, 2.45) is 0 Å². The van der Waals surface area contributed by atoms with Gasteiger partial charge in [0.2, 0.25) is 5.91 Å². The molecule has 0 radical (unpaired) electrons. The lowest BCUT2D eigenvalue weighted by molar-refractivity contribution is -0.384. The summed E-state index contributed by atoms with van der Waals surface area (Å²) in [5, 5.41) is 21.2. The minimum Gasteiger partial charge on any atom is -0.497 e. The molecule has 3 amide bonds. The SMILES string of the molecule is COc1ccc(-c2csc(NC(=O)C(C)Sc3cccc(NC(=O)/C(=C\c4ccc([N+](=O)[O-])cc4)NC(=O)c4ccccc4)c3)n2)cc1. The number of ether oxygens (including phenoxy) is 1. The summed E-state index contributed by atoms with van der Waals surface area (Å²) in [6.07, 6.45) is 1.43. The summed E-state index contributed by atoms with van der Waals surface area (Å²) in [7, 11) is 1.60. The maximum Gasteiger partial charge on any atom is 0.272 e. The van der Waals surface area contributed by atoms with E-state index in [0.29, 0.717) is 21.9 Å². The highest BCUT2D eigenvalue weighted by Crippen LogP contribution is 2.29. The fourth-order valence-corrected chi connectivity index (χ4v) is 5.99. The van der Waals surface area contributed by atoms with E-state index < -0.39 is 22.0 Å². The van der Waals surface area contributed by atoms with Crippen molar-refractivity contribution >= 4 is 63.4 Å². The molecular weight excluding hydrogens is 651 g/mol. The number of aromatic nitrogens is 1. The Bertz CT molecular complexity index is 1960. The smallest absolute Gasteiger partial charge is 0.272 e. The van der Waals surface area contributed by atoms with Crippen LogP contribution in [0.2, 0.25) is 0 Å². The summed E-state index contributed by atoms with van der Waals surface area (Å²) in [5.74, 6) is -0.602. The van der Waals surface area contributed by atoms with Crippen molar-refractivity contribution < 1.29 is 24.0 Å². The predicted molar refractivity (Wildman–Crippen MR) is 188 cm³/mol. The van der Waals surface area contributed by atoms with Crippen molar-refractivity contribution in [2.75, 3.05) is 17.7 Å². The van der Waals surface area contributed by atoms with Gasteiger partial charge in [-0.25, -0.2) is 4.98 Å². The van der Waals surface area contributed by atoms with Crippen LogP contribution in [0.25, 0.3) is 17.3 Å². The lowest BCUT2D eigenvalue weighted by Gasteiger charge is -2.13. The van der Waals surface area contributed by atoms with Crippen LogP contribution in [0.1, 0.15) is 22.8 Å². The number of thioether (sulfide) groups is 1. The van der Waals surface area contributed by atoms with E-state index in [1.807, 2.05) is 35.7 Å². The van der Waals surface area contributed by atoms with Crippen molar-refractivity contribution in [3.05, 3.63) is 135 Å². The van der Waals surface area contributed by atoms with E-state index in [9.17, 15) is 24.5 Å². The van der Waals surface area contributed by atoms with E-state index in [1.165, 1.54) is 53.4 Å². The Kier molecular flexibility index (Phi) is 11.0. The van der Waals surface area contributed by atoms with Crippen molar-refractivity contribution in [2.45, 2.75) is 17.1 Å². The minimum absolute atomic E-state index is 0.0686. The fraction of sp³-hybridized carbons (Fsp3) is 0.0857. The summed E-state index contributed by atoms with van der Waals surface area (Å²) in [6, 6.07) is 28.5. The zero-order valence-corrected chi connectivity index (χ0v) is 27.3. The van der Waals surface area contributed by atoms with Gasteiger partial charge in [-0.2, -0.15) is 0 Å². The predicted octanol–water partition coefficient (Wildman–Crippen LogP) is 7.26. The number of carbonyl (C=O) groups excluding carboxylic acids is 3. The Morgan fingerprint density at radius 1 is 0.938 bits per heavy atom. The van der Waals surface area contributed by atoms with Gasteiger partial charge in [0.05, 0.1) is 23.0 Å². The lowest BCUT2D eigenvalue weighted by Crippen LogP contribution is -2.30. The Morgan fingerprint density at radius 3 is 2.35 bits per heavy atom. The molecule has 0 fully saturated rings. The number of methoxy groups -OCH3 is 1. The van der Waals surface area contributed by atoms with Crippen LogP contribution in [-0.4, -0.2) is 40.0 Å². The third-order valence-electron chi connectivity index (χ3n) is 6.84. The average molecular weight is 680 g/mol. The number of nitrogens with one attached hydrogen (secondary N) is 3. The largest absolute Gasteiger partial charge is 0.497 e. The number of anilines is 2. The Labute approximate surface area is 284 Å². The van der Waals surface area contributed by atoms with Crippen molar-refractivity contribution in [3.8, 4) is 17.0 Å². The molecule has 0 bridgehead atoms. The van der Waals surface area contributed by atoms with E-state index in [2.05, 4.69) is 20.9 Å². The molecule has 0 aliphatic carbocycles. The number of hydrogen-bond acceptors (Lipinski definition) is 9. The molecule has 1 atom stereocenters.